The Hall–Kier alpha value is -0.425. The molecular weight excluding hydrogens is 156 g/mol. The lowest BCUT2D eigenvalue weighted by atomic mass is 10.3. The minimum absolute atomic E-state index is 3.08. The van der Waals surface area contributed by atoms with Crippen LogP contribution in [0.25, 0.3) is 0 Å². The predicted octanol–water partition coefficient (Wildman–Crippen LogP) is 2.64. The van der Waals surface area contributed by atoms with Crippen molar-refractivity contribution in [3.8, 4) is 0 Å². The van der Waals surface area contributed by atoms with E-state index in [1.807, 2.05) is 0 Å². The zero-order valence-corrected chi connectivity index (χ0v) is 3.72. The molecule has 0 atom stereocenters. The van der Waals surface area contributed by atoms with Gasteiger partial charge < -0.3 is 17.3 Å². The first-order valence-corrected chi connectivity index (χ1v) is 1.44. The number of rotatable bonds is 0. The van der Waals surface area contributed by atoms with Crippen molar-refractivity contribution in [2.24, 2.45) is 0 Å². The summed E-state index contributed by atoms with van der Waals surface area (Å²) in [4.78, 5) is 0. The van der Waals surface area contributed by atoms with E-state index < -0.39 is 13.9 Å². The highest BCUT2D eigenvalue weighted by atomic mass is 19.5. The van der Waals surface area contributed by atoms with Crippen LogP contribution in [0.4, 0.5) is 30.4 Å². The maximum absolute atomic E-state index is 9.75. The van der Waals surface area contributed by atoms with Gasteiger partial charge in [0.2, 0.25) is 0 Å². The first-order chi connectivity index (χ1) is 3.73. The molecule has 0 aromatic rings. The fourth-order valence-corrected chi connectivity index (χ4v) is 0. The van der Waals surface area contributed by atoms with Gasteiger partial charge in [-0.05, 0) is 0 Å². The molecule has 0 aliphatic rings. The summed E-state index contributed by atoms with van der Waals surface area (Å²) in [7, 11) is -6.00. The largest absolute Gasteiger partial charge is 0.673 e. The molecule has 0 nitrogen and oxygen atoms in total. The standard InChI is InChI=1S/CF3.BF4/c2-1(3)4;2-1(3,4)5/q;-1. The molecule has 0 spiro atoms. The summed E-state index contributed by atoms with van der Waals surface area (Å²) in [5.41, 5.74) is 0. The van der Waals surface area contributed by atoms with Crippen LogP contribution in [0.5, 0.6) is 0 Å². The Balaban J connectivity index is 0. The van der Waals surface area contributed by atoms with E-state index in [-0.39, 0.29) is 0 Å². The molecule has 0 amide bonds. The third-order valence-electron chi connectivity index (χ3n) is 0. The first-order valence-electron chi connectivity index (χ1n) is 1.44. The summed E-state index contributed by atoms with van der Waals surface area (Å²) in [5.74, 6) is 0. The molecular formula is CBF7-. The summed E-state index contributed by atoms with van der Waals surface area (Å²) >= 11 is 0. The second-order valence-electron chi connectivity index (χ2n) is 0.709. The van der Waals surface area contributed by atoms with Crippen LogP contribution < -0.4 is 0 Å². The predicted molar refractivity (Wildman–Crippen MR) is 16.8 cm³/mol. The number of hydrogen-bond acceptors (Lipinski definition) is 0. The quantitative estimate of drug-likeness (QED) is 0.373. The lowest BCUT2D eigenvalue weighted by Crippen LogP contribution is -2.02. The average molecular weight is 156 g/mol. The molecule has 0 bridgehead atoms. The van der Waals surface area contributed by atoms with Crippen molar-refractivity contribution in [2.45, 2.75) is 0 Å². The van der Waals surface area contributed by atoms with E-state index >= 15 is 0 Å². The van der Waals surface area contributed by atoms with Gasteiger partial charge in [-0.15, -0.1) is 0 Å². The Morgan fingerprint density at radius 3 is 0.778 bits per heavy atom. The Bertz CT molecular complexity index is 45.7. The second-order valence-corrected chi connectivity index (χ2v) is 0.709. The lowest BCUT2D eigenvalue weighted by Gasteiger charge is -1.94. The van der Waals surface area contributed by atoms with Gasteiger partial charge in [0.05, 0.1) is 0 Å². The van der Waals surface area contributed by atoms with Crippen molar-refractivity contribution in [1.82, 2.24) is 0 Å². The summed E-state index contributed by atoms with van der Waals surface area (Å²) in [6, 6.07) is 0. The molecule has 0 unspecified atom stereocenters. The molecule has 57 valence electrons. The lowest BCUT2D eigenvalue weighted by molar-refractivity contribution is 0.142. The first kappa shape index (κ1) is 11.4. The van der Waals surface area contributed by atoms with Crippen LogP contribution in [0.15, 0.2) is 0 Å². The highest BCUT2D eigenvalue weighted by Gasteiger charge is 2.20. The van der Waals surface area contributed by atoms with E-state index in [0.717, 1.165) is 0 Å². The maximum atomic E-state index is 9.75. The summed E-state index contributed by atoms with van der Waals surface area (Å²) in [6.45, 7) is -3.08. The zero-order valence-electron chi connectivity index (χ0n) is 3.72. The van der Waals surface area contributed by atoms with Crippen LogP contribution in [0.3, 0.4) is 0 Å². The van der Waals surface area contributed by atoms with Crippen LogP contribution in [-0.2, 0) is 0 Å². The third kappa shape index (κ3) is 1300. The molecule has 0 aliphatic heterocycles. The molecule has 0 saturated carbocycles. The summed E-state index contributed by atoms with van der Waals surface area (Å²) in [6.07, 6.45) is 0. The van der Waals surface area contributed by atoms with Gasteiger partial charge in [0.25, 0.3) is 0 Å². The summed E-state index contributed by atoms with van der Waals surface area (Å²) < 4.78 is 67.8. The van der Waals surface area contributed by atoms with Gasteiger partial charge >= 0.3 is 13.9 Å². The maximum Gasteiger partial charge on any atom is 0.673 e. The van der Waals surface area contributed by atoms with E-state index in [1.165, 1.54) is 0 Å². The van der Waals surface area contributed by atoms with Crippen molar-refractivity contribution in [3.63, 3.8) is 0 Å². The van der Waals surface area contributed by atoms with Gasteiger partial charge in [-0.3, -0.25) is 0 Å². The molecule has 0 aliphatic carbocycles. The van der Waals surface area contributed by atoms with Gasteiger partial charge in [-0.1, -0.05) is 0 Å². The Kier molecular flexibility index (Phi) is 5.63. The molecule has 0 saturated heterocycles. The van der Waals surface area contributed by atoms with Crippen molar-refractivity contribution in [2.75, 3.05) is 0 Å². The van der Waals surface area contributed by atoms with Gasteiger partial charge in [-0.2, -0.15) is 13.2 Å². The van der Waals surface area contributed by atoms with E-state index in [2.05, 4.69) is 0 Å². The van der Waals surface area contributed by atoms with Crippen molar-refractivity contribution < 1.29 is 30.4 Å². The zero-order chi connectivity index (χ0) is 8.08. The van der Waals surface area contributed by atoms with Crippen LogP contribution >= 0.6 is 0 Å². The van der Waals surface area contributed by atoms with E-state index in [4.69, 9.17) is 0 Å². The molecule has 0 fully saturated rings. The van der Waals surface area contributed by atoms with Gasteiger partial charge in [0.15, 0.2) is 0 Å². The van der Waals surface area contributed by atoms with Gasteiger partial charge in [0, 0.05) is 0 Å². The minimum Gasteiger partial charge on any atom is -0.418 e. The Morgan fingerprint density at radius 2 is 0.778 bits per heavy atom. The van der Waals surface area contributed by atoms with E-state index in [0.29, 0.717) is 0 Å². The average Bonchev–Trinajstić information content (AvgIpc) is 1.19. The van der Waals surface area contributed by atoms with Crippen molar-refractivity contribution in [3.05, 3.63) is 6.68 Å². The molecule has 8 heteroatoms. The van der Waals surface area contributed by atoms with Crippen LogP contribution in [0.2, 0.25) is 0 Å². The molecule has 0 rings (SSSR count). The Labute approximate surface area is 45.8 Å². The molecule has 1 radical (unpaired) electrons. The highest BCUT2D eigenvalue weighted by molar-refractivity contribution is 6.50. The second kappa shape index (κ2) is 4.45. The topological polar surface area (TPSA) is 0 Å². The van der Waals surface area contributed by atoms with E-state index in [1.54, 1.807) is 0 Å². The van der Waals surface area contributed by atoms with Crippen LogP contribution in [-0.4, -0.2) is 7.25 Å². The smallest absolute Gasteiger partial charge is 0.418 e. The fraction of sp³-hybridized carbons (Fsp3) is 0. The molecule has 0 N–H and O–H groups in total. The number of hydrogen-bond donors (Lipinski definition) is 0. The number of halogens is 7. The van der Waals surface area contributed by atoms with Crippen molar-refractivity contribution >= 4 is 7.25 Å². The fourth-order valence-electron chi connectivity index (χ4n) is 0. The third-order valence-corrected chi connectivity index (χ3v) is 0. The van der Waals surface area contributed by atoms with Gasteiger partial charge in [0.1, 0.15) is 0 Å². The minimum atomic E-state index is -6.00. The van der Waals surface area contributed by atoms with Gasteiger partial charge in [-0.25, -0.2) is 0 Å². The summed E-state index contributed by atoms with van der Waals surface area (Å²) in [5, 5.41) is 0. The molecule has 9 heavy (non-hydrogen) atoms. The Morgan fingerprint density at radius 1 is 0.778 bits per heavy atom. The normalized spacial score (nSPS) is 10.7. The highest BCUT2D eigenvalue weighted by Crippen LogP contribution is 2.06. The SMILES string of the molecule is F[B-](F)(F)F.F[C](F)F. The van der Waals surface area contributed by atoms with E-state index in [9.17, 15) is 30.4 Å². The van der Waals surface area contributed by atoms with Crippen molar-refractivity contribution in [1.29, 1.82) is 0 Å². The van der Waals surface area contributed by atoms with Crippen LogP contribution in [0.1, 0.15) is 0 Å². The monoisotopic (exact) mass is 156 g/mol. The molecule has 0 aromatic heterocycles. The molecule has 0 aromatic carbocycles. The molecule has 0 heterocycles. The van der Waals surface area contributed by atoms with Crippen LogP contribution in [0, 0.1) is 6.68 Å².